The number of amides is 1. The third-order valence-electron chi connectivity index (χ3n) is 3.14. The topological polar surface area (TPSA) is 58.7 Å². The quantitative estimate of drug-likeness (QED) is 0.493. The second kappa shape index (κ2) is 6.94. The van der Waals surface area contributed by atoms with Gasteiger partial charge in [0.2, 0.25) is 0 Å². The van der Waals surface area contributed by atoms with Gasteiger partial charge in [0.25, 0.3) is 5.91 Å². The van der Waals surface area contributed by atoms with Crippen LogP contribution in [0.2, 0.25) is 5.02 Å². The number of carbonyl (C=O) groups excluding carboxylic acids is 1. The van der Waals surface area contributed by atoms with Crippen LogP contribution in [-0.2, 0) is 0 Å². The standard InChI is InChI=1S/C16H15BrClN3O/c1-10(11-6-8-12(17)9-7-11)20-21(2)16(22)13-4-3-5-14(18)15(13)19/h3-9H,19H2,1-2H3/b20-10-. The number of nitrogens with zero attached hydrogens (tertiary/aromatic N) is 2. The highest BCUT2D eigenvalue weighted by Gasteiger charge is 2.16. The van der Waals surface area contributed by atoms with Gasteiger partial charge in [-0.05, 0) is 36.8 Å². The van der Waals surface area contributed by atoms with Crippen LogP contribution in [0.4, 0.5) is 5.69 Å². The van der Waals surface area contributed by atoms with Crippen LogP contribution in [-0.4, -0.2) is 23.7 Å². The van der Waals surface area contributed by atoms with E-state index in [2.05, 4.69) is 21.0 Å². The van der Waals surface area contributed by atoms with Crippen LogP contribution < -0.4 is 5.73 Å². The minimum absolute atomic E-state index is 0.262. The smallest absolute Gasteiger partial charge is 0.275 e. The lowest BCUT2D eigenvalue weighted by atomic mass is 10.1. The molecule has 0 heterocycles. The fourth-order valence-electron chi connectivity index (χ4n) is 1.92. The molecule has 0 aliphatic carbocycles. The number of benzene rings is 2. The first-order valence-corrected chi connectivity index (χ1v) is 7.70. The van der Waals surface area contributed by atoms with E-state index in [9.17, 15) is 4.79 Å². The summed E-state index contributed by atoms with van der Waals surface area (Å²) in [6.45, 7) is 1.84. The molecule has 2 aromatic rings. The summed E-state index contributed by atoms with van der Waals surface area (Å²) >= 11 is 9.33. The van der Waals surface area contributed by atoms with Crippen LogP contribution in [0, 0.1) is 0 Å². The first kappa shape index (κ1) is 16.5. The SMILES string of the molecule is C/C(=N/N(C)C(=O)c1cccc(Cl)c1N)c1ccc(Br)cc1. The molecule has 0 atom stereocenters. The summed E-state index contributed by atoms with van der Waals surface area (Å²) in [5.41, 5.74) is 8.10. The number of anilines is 1. The Morgan fingerprint density at radius 2 is 1.86 bits per heavy atom. The van der Waals surface area contributed by atoms with Crippen LogP contribution in [0.3, 0.4) is 0 Å². The Hall–Kier alpha value is -1.85. The Labute approximate surface area is 142 Å². The molecule has 22 heavy (non-hydrogen) atoms. The lowest BCUT2D eigenvalue weighted by molar-refractivity contribution is 0.0800. The maximum absolute atomic E-state index is 12.4. The predicted octanol–water partition coefficient (Wildman–Crippen LogP) is 4.18. The van der Waals surface area contributed by atoms with E-state index < -0.39 is 0 Å². The lowest BCUT2D eigenvalue weighted by Gasteiger charge is -2.14. The number of nitrogens with two attached hydrogens (primary N) is 1. The van der Waals surface area contributed by atoms with Crippen LogP contribution >= 0.6 is 27.5 Å². The number of nitrogen functional groups attached to an aromatic ring is 1. The Kier molecular flexibility index (Phi) is 5.21. The van der Waals surface area contributed by atoms with Crippen LogP contribution in [0.1, 0.15) is 22.8 Å². The normalized spacial score (nSPS) is 11.4. The molecule has 6 heteroatoms. The van der Waals surface area contributed by atoms with Gasteiger partial charge in [-0.1, -0.05) is 45.7 Å². The third-order valence-corrected chi connectivity index (χ3v) is 4.00. The second-order valence-electron chi connectivity index (χ2n) is 4.72. The van der Waals surface area contributed by atoms with Crippen molar-refractivity contribution in [1.82, 2.24) is 5.01 Å². The van der Waals surface area contributed by atoms with Crippen LogP contribution in [0.15, 0.2) is 52.0 Å². The fourth-order valence-corrected chi connectivity index (χ4v) is 2.36. The van der Waals surface area contributed by atoms with Crippen molar-refractivity contribution in [1.29, 1.82) is 0 Å². The summed E-state index contributed by atoms with van der Waals surface area (Å²) < 4.78 is 0.986. The van der Waals surface area contributed by atoms with Crippen molar-refractivity contribution in [2.24, 2.45) is 5.10 Å². The van der Waals surface area contributed by atoms with E-state index in [4.69, 9.17) is 17.3 Å². The molecule has 2 N–H and O–H groups in total. The molecule has 0 aliphatic heterocycles. The molecule has 2 rings (SSSR count). The van der Waals surface area contributed by atoms with Gasteiger partial charge in [-0.15, -0.1) is 0 Å². The van der Waals surface area contributed by atoms with Crippen molar-refractivity contribution < 1.29 is 4.79 Å². The van der Waals surface area contributed by atoms with Gasteiger partial charge in [-0.25, -0.2) is 5.01 Å². The molecule has 0 radical (unpaired) electrons. The molecule has 0 fully saturated rings. The van der Waals surface area contributed by atoms with E-state index in [0.29, 0.717) is 10.6 Å². The van der Waals surface area contributed by atoms with Gasteiger partial charge in [0.1, 0.15) is 0 Å². The summed E-state index contributed by atoms with van der Waals surface area (Å²) in [4.78, 5) is 12.4. The minimum atomic E-state index is -0.309. The van der Waals surface area contributed by atoms with Crippen molar-refractivity contribution in [2.75, 3.05) is 12.8 Å². The number of carbonyl (C=O) groups is 1. The molecule has 2 aromatic carbocycles. The third kappa shape index (κ3) is 3.67. The maximum Gasteiger partial charge on any atom is 0.275 e. The van der Waals surface area contributed by atoms with Gasteiger partial charge in [0.15, 0.2) is 0 Å². The monoisotopic (exact) mass is 379 g/mol. The van der Waals surface area contributed by atoms with Crippen LogP contribution in [0.25, 0.3) is 0 Å². The second-order valence-corrected chi connectivity index (χ2v) is 6.05. The molecular formula is C16H15BrClN3O. The van der Waals surface area contributed by atoms with Gasteiger partial charge in [0.05, 0.1) is 22.0 Å². The van der Waals surface area contributed by atoms with Gasteiger partial charge in [-0.2, -0.15) is 5.10 Å². The first-order chi connectivity index (χ1) is 10.4. The Morgan fingerprint density at radius 3 is 2.50 bits per heavy atom. The minimum Gasteiger partial charge on any atom is -0.397 e. The Bertz CT molecular complexity index is 729. The number of hydrogen-bond acceptors (Lipinski definition) is 3. The molecular weight excluding hydrogens is 366 g/mol. The highest BCUT2D eigenvalue weighted by Crippen LogP contribution is 2.23. The lowest BCUT2D eigenvalue weighted by Crippen LogP contribution is -2.23. The van der Waals surface area contributed by atoms with E-state index >= 15 is 0 Å². The molecule has 114 valence electrons. The Balaban J connectivity index is 2.25. The number of halogens is 2. The molecule has 0 spiro atoms. The van der Waals surface area contributed by atoms with E-state index in [1.54, 1.807) is 25.2 Å². The average molecular weight is 381 g/mol. The van der Waals surface area contributed by atoms with Crippen molar-refractivity contribution in [3.8, 4) is 0 Å². The summed E-state index contributed by atoms with van der Waals surface area (Å²) in [5, 5.41) is 5.93. The average Bonchev–Trinajstić information content (AvgIpc) is 2.50. The van der Waals surface area contributed by atoms with Gasteiger partial charge >= 0.3 is 0 Å². The van der Waals surface area contributed by atoms with Crippen molar-refractivity contribution in [3.05, 3.63) is 63.1 Å². The zero-order valence-corrected chi connectivity index (χ0v) is 14.5. The highest BCUT2D eigenvalue weighted by molar-refractivity contribution is 9.10. The molecule has 0 aliphatic rings. The van der Waals surface area contributed by atoms with Crippen molar-refractivity contribution in [2.45, 2.75) is 6.92 Å². The first-order valence-electron chi connectivity index (χ1n) is 6.53. The number of hydrogen-bond donors (Lipinski definition) is 1. The summed E-state index contributed by atoms with van der Waals surface area (Å²) in [6.07, 6.45) is 0. The maximum atomic E-state index is 12.4. The molecule has 0 saturated heterocycles. The zero-order chi connectivity index (χ0) is 16.3. The molecule has 0 unspecified atom stereocenters. The van der Waals surface area contributed by atoms with Gasteiger partial charge in [-0.3, -0.25) is 4.79 Å². The van der Waals surface area contributed by atoms with E-state index in [-0.39, 0.29) is 11.6 Å². The molecule has 0 saturated carbocycles. The van der Waals surface area contributed by atoms with Crippen molar-refractivity contribution >= 4 is 44.8 Å². The molecule has 4 nitrogen and oxygen atoms in total. The molecule has 0 bridgehead atoms. The number of para-hydroxylation sites is 1. The number of rotatable bonds is 3. The van der Waals surface area contributed by atoms with E-state index in [1.165, 1.54) is 5.01 Å². The largest absolute Gasteiger partial charge is 0.397 e. The van der Waals surface area contributed by atoms with E-state index in [1.807, 2.05) is 31.2 Å². The van der Waals surface area contributed by atoms with Gasteiger partial charge < -0.3 is 5.73 Å². The van der Waals surface area contributed by atoms with Crippen LogP contribution in [0.5, 0.6) is 0 Å². The molecule has 0 aromatic heterocycles. The van der Waals surface area contributed by atoms with Gasteiger partial charge in [0, 0.05) is 11.5 Å². The van der Waals surface area contributed by atoms with Crippen molar-refractivity contribution in [3.63, 3.8) is 0 Å². The highest BCUT2D eigenvalue weighted by atomic mass is 79.9. The predicted molar refractivity (Wildman–Crippen MR) is 94.3 cm³/mol. The van der Waals surface area contributed by atoms with E-state index in [0.717, 1.165) is 15.7 Å². The summed E-state index contributed by atoms with van der Waals surface area (Å²) in [5.74, 6) is -0.309. The Morgan fingerprint density at radius 1 is 1.23 bits per heavy atom. The summed E-state index contributed by atoms with van der Waals surface area (Å²) in [6, 6.07) is 12.7. The number of hydrazone groups is 1. The molecule has 1 amide bonds. The summed E-state index contributed by atoms with van der Waals surface area (Å²) in [7, 11) is 1.59. The fraction of sp³-hybridized carbons (Fsp3) is 0.125. The zero-order valence-electron chi connectivity index (χ0n) is 12.2.